The van der Waals surface area contributed by atoms with Crippen molar-refractivity contribution < 1.29 is 9.47 Å². The van der Waals surface area contributed by atoms with E-state index in [0.29, 0.717) is 0 Å². The first-order valence-electron chi connectivity index (χ1n) is 43.5. The number of anilines is 6. The van der Waals surface area contributed by atoms with Crippen LogP contribution in [0, 0.1) is 0 Å². The van der Waals surface area contributed by atoms with E-state index < -0.39 is 10.8 Å². The molecule has 0 saturated heterocycles. The molecule has 20 aromatic rings. The topological polar surface area (TPSA) is 24.9 Å². The summed E-state index contributed by atoms with van der Waals surface area (Å²) < 4.78 is 13.3. The van der Waals surface area contributed by atoms with Crippen molar-refractivity contribution in [1.29, 1.82) is 0 Å². The minimum Gasteiger partial charge on any atom is -0.456 e. The summed E-state index contributed by atoms with van der Waals surface area (Å²) in [6.45, 7) is 0. The highest BCUT2D eigenvalue weighted by Gasteiger charge is 2.53. The molecule has 4 nitrogen and oxygen atoms in total. The van der Waals surface area contributed by atoms with Crippen molar-refractivity contribution in [2.24, 2.45) is 0 Å². The highest BCUT2D eigenvalue weighted by Crippen LogP contribution is 2.67. The second kappa shape index (κ2) is 29.2. The lowest BCUT2D eigenvalue weighted by Crippen LogP contribution is -2.29. The quantitative estimate of drug-likeness (QED) is 0.151. The molecule has 588 valence electrons. The average Bonchev–Trinajstić information content (AvgIpc) is 1.52. The van der Waals surface area contributed by atoms with E-state index in [2.05, 4.69) is 471 Å². The summed E-state index contributed by atoms with van der Waals surface area (Å²) in [4.78, 5) is 4.99. The van der Waals surface area contributed by atoms with Gasteiger partial charge in [0.05, 0.1) is 27.9 Å². The maximum atomic E-state index is 6.67. The molecule has 0 bridgehead atoms. The van der Waals surface area contributed by atoms with Crippen molar-refractivity contribution >= 4 is 34.1 Å². The first kappa shape index (κ1) is 72.4. The van der Waals surface area contributed by atoms with Gasteiger partial charge in [0.1, 0.15) is 23.0 Å². The van der Waals surface area contributed by atoms with Crippen LogP contribution in [0.3, 0.4) is 0 Å². The normalized spacial score (nSPS) is 13.0. The number of benzene rings is 20. The van der Waals surface area contributed by atoms with E-state index in [1.807, 2.05) is 12.1 Å². The predicted octanol–water partition coefficient (Wildman–Crippen LogP) is 32.5. The first-order chi connectivity index (χ1) is 62.6. The first-order valence-corrected chi connectivity index (χ1v) is 43.5. The van der Waals surface area contributed by atoms with E-state index in [0.717, 1.165) is 113 Å². The maximum absolute atomic E-state index is 6.67. The fourth-order valence-corrected chi connectivity index (χ4v) is 21.9. The molecule has 0 saturated carbocycles. The van der Waals surface area contributed by atoms with Crippen LogP contribution in [0.4, 0.5) is 34.1 Å². The fraction of sp³-hybridized carbons (Fsp3) is 0.0164. The summed E-state index contributed by atoms with van der Waals surface area (Å²) in [6.07, 6.45) is 0. The summed E-state index contributed by atoms with van der Waals surface area (Å²) in [5, 5.41) is 0. The number of fused-ring (bicyclic) bond motifs is 34. The second-order valence-corrected chi connectivity index (χ2v) is 33.4. The molecular weight excluding hydrogens is 1530 g/mol. The van der Waals surface area contributed by atoms with E-state index in [4.69, 9.17) is 9.47 Å². The molecule has 0 amide bonds. The Morgan fingerprint density at radius 1 is 0.143 bits per heavy atom. The largest absolute Gasteiger partial charge is 0.456 e. The van der Waals surface area contributed by atoms with Crippen LogP contribution < -0.4 is 19.3 Å². The van der Waals surface area contributed by atoms with Gasteiger partial charge in [-0.05, 0) is 218 Å². The summed E-state index contributed by atoms with van der Waals surface area (Å²) >= 11 is 0. The van der Waals surface area contributed by atoms with Gasteiger partial charge in [-0.15, -0.1) is 0 Å². The monoisotopic (exact) mass is 1600 g/mol. The molecule has 6 aliphatic rings. The Morgan fingerprint density at radius 2 is 0.397 bits per heavy atom. The Morgan fingerprint density at radius 3 is 0.794 bits per heavy atom. The molecule has 0 aromatic heterocycles. The number of hydrogen-bond acceptors (Lipinski definition) is 4. The van der Waals surface area contributed by atoms with Crippen LogP contribution in [0.5, 0.6) is 23.0 Å². The molecule has 0 radical (unpaired) electrons. The summed E-state index contributed by atoms with van der Waals surface area (Å²) in [7, 11) is 0. The van der Waals surface area contributed by atoms with Gasteiger partial charge < -0.3 is 19.3 Å². The number of nitrogens with zero attached hydrogens (tertiary/aromatic N) is 2. The van der Waals surface area contributed by atoms with Gasteiger partial charge >= 0.3 is 0 Å². The third-order valence-electron chi connectivity index (χ3n) is 27.0. The molecule has 2 heterocycles. The summed E-state index contributed by atoms with van der Waals surface area (Å²) in [5.41, 5.74) is 44.2. The van der Waals surface area contributed by atoms with Crippen molar-refractivity contribution in [2.45, 2.75) is 10.8 Å². The average molecular weight is 1600 g/mol. The Labute approximate surface area is 733 Å². The molecule has 20 aromatic carbocycles. The van der Waals surface area contributed by atoms with Crippen molar-refractivity contribution in [3.8, 4) is 157 Å². The highest BCUT2D eigenvalue weighted by molar-refractivity contribution is 6.07. The van der Waals surface area contributed by atoms with Gasteiger partial charge in [0.2, 0.25) is 0 Å². The minimum absolute atomic E-state index is 0.593. The lowest BCUT2D eigenvalue weighted by Gasteiger charge is -2.36. The van der Waals surface area contributed by atoms with Crippen LogP contribution in [-0.4, -0.2) is 0 Å². The smallest absolute Gasteiger partial charge is 0.135 e. The molecule has 0 unspecified atom stereocenters. The van der Waals surface area contributed by atoms with Gasteiger partial charge in [-0.25, -0.2) is 0 Å². The van der Waals surface area contributed by atoms with Gasteiger partial charge in [-0.1, -0.05) is 394 Å². The van der Waals surface area contributed by atoms with Gasteiger partial charge in [0, 0.05) is 56.0 Å². The number of rotatable bonds is 8. The molecule has 26 rings (SSSR count). The van der Waals surface area contributed by atoms with E-state index >= 15 is 0 Å². The van der Waals surface area contributed by atoms with Crippen molar-refractivity contribution in [2.75, 3.05) is 9.80 Å². The van der Waals surface area contributed by atoms with Crippen molar-refractivity contribution in [3.05, 3.63) is 518 Å². The zero-order chi connectivity index (χ0) is 83.0. The zero-order valence-electron chi connectivity index (χ0n) is 68.7. The van der Waals surface area contributed by atoms with E-state index in [1.165, 1.54) is 122 Å². The highest BCUT2D eigenvalue weighted by atomic mass is 16.5. The fourth-order valence-electron chi connectivity index (χ4n) is 21.9. The van der Waals surface area contributed by atoms with Crippen LogP contribution in [0.15, 0.2) is 473 Å². The SMILES string of the molecule is c1ccc(-c2ccc(N(c3ccc4c(c3)-c3ccccc3Oc3ccccc3-4)c3cccc4c3-c3ccccc3C43c4ccccc4-c4ccccc4-c4ccccc43)cc2)cc1.c1ccc(-c2ccccc2N(c2ccc3c(c2)-c2ccccc2Oc2ccccc2-3)c2cccc3c2-c2ccccc2C32c3ccccc3-c3ccccc3-c3ccccc32)cc1. The molecule has 0 fully saturated rings. The van der Waals surface area contributed by atoms with Gasteiger partial charge in [-0.2, -0.15) is 0 Å². The molecule has 0 atom stereocenters. The van der Waals surface area contributed by atoms with Crippen LogP contribution in [0.25, 0.3) is 134 Å². The van der Waals surface area contributed by atoms with Crippen molar-refractivity contribution in [3.63, 3.8) is 0 Å². The molecule has 0 N–H and O–H groups in total. The Hall–Kier alpha value is -16.4. The van der Waals surface area contributed by atoms with Crippen molar-refractivity contribution in [1.82, 2.24) is 0 Å². The molecular formula is C122H78N2O2. The predicted molar refractivity (Wildman–Crippen MR) is 518 cm³/mol. The van der Waals surface area contributed by atoms with Crippen LogP contribution in [0.2, 0.25) is 0 Å². The zero-order valence-corrected chi connectivity index (χ0v) is 68.7. The summed E-state index contributed by atoms with van der Waals surface area (Å²) in [6, 6.07) is 174. The lowest BCUT2D eigenvalue weighted by atomic mass is 9.66. The standard InChI is InChI=1S/2C61H39NO/c1-2-19-40(20-3-1)42-21-9-15-33-56(42)62(41-37-38-45-48-26-10-16-35-58(48)63-59-36-17-11-27-49(59)51(45)39-41)57-34-18-32-55-60(57)50-28-8-14-31-54(50)61(55)52-29-12-6-24-46(52)43-22-4-5-23-44(43)47-25-7-13-30-53(47)61;1-2-17-40(18-3-1)41-33-35-42(36-34-41)62(43-37-38-46-49-23-9-14-31-58(49)63-59-32-15-10-24-50(59)52(46)39-43)57-30-16-29-56-60(57)51-25-8-13-28-55(51)61(56)53-26-11-6-21-47(53)44-19-4-5-20-45(44)48-22-7-12-27-54(48)61/h2*1-39H. The minimum atomic E-state index is -0.605. The van der Waals surface area contributed by atoms with Crippen LogP contribution in [0.1, 0.15) is 44.5 Å². The second-order valence-electron chi connectivity index (χ2n) is 33.4. The third kappa shape index (κ3) is 10.9. The molecule has 126 heavy (non-hydrogen) atoms. The van der Waals surface area contributed by atoms with Crippen LogP contribution in [-0.2, 0) is 10.8 Å². The Kier molecular flexibility index (Phi) is 16.8. The van der Waals surface area contributed by atoms with E-state index in [-0.39, 0.29) is 0 Å². The summed E-state index contributed by atoms with van der Waals surface area (Å²) in [5.74, 6) is 3.42. The maximum Gasteiger partial charge on any atom is 0.135 e. The molecule has 2 spiro atoms. The number of ether oxygens (including phenoxy) is 2. The van der Waals surface area contributed by atoms with Gasteiger partial charge in [-0.3, -0.25) is 0 Å². The van der Waals surface area contributed by atoms with Crippen LogP contribution >= 0.6 is 0 Å². The number of hydrogen-bond donors (Lipinski definition) is 0. The Bertz CT molecular complexity index is 7680. The third-order valence-corrected chi connectivity index (χ3v) is 27.0. The van der Waals surface area contributed by atoms with E-state index in [9.17, 15) is 0 Å². The number of para-hydroxylation sites is 5. The molecule has 4 heteroatoms. The van der Waals surface area contributed by atoms with Gasteiger partial charge in [0.15, 0.2) is 0 Å². The van der Waals surface area contributed by atoms with Gasteiger partial charge in [0.25, 0.3) is 0 Å². The lowest BCUT2D eigenvalue weighted by molar-refractivity contribution is 0.487. The Balaban J connectivity index is 0.000000137. The molecule has 4 aliphatic carbocycles. The van der Waals surface area contributed by atoms with E-state index in [1.54, 1.807) is 0 Å². The molecule has 2 aliphatic heterocycles.